The minimum absolute atomic E-state index is 0.0505. The molecule has 4 rings (SSSR count). The summed E-state index contributed by atoms with van der Waals surface area (Å²) >= 11 is 6.08. The van der Waals surface area contributed by atoms with Gasteiger partial charge in [0.2, 0.25) is 11.8 Å². The number of likely N-dealkylation sites (N-methyl/N-ethyl adjacent to an activating group) is 1. The first-order chi connectivity index (χ1) is 20.1. The van der Waals surface area contributed by atoms with Crippen LogP contribution in [0.25, 0.3) is 0 Å². The number of rotatable bonds is 11. The molecule has 2 atom stereocenters. The van der Waals surface area contributed by atoms with E-state index in [0.29, 0.717) is 42.1 Å². The zero-order chi connectivity index (χ0) is 30.2. The van der Waals surface area contributed by atoms with E-state index >= 15 is 0 Å². The third kappa shape index (κ3) is 9.22. The second-order valence-corrected chi connectivity index (χ2v) is 12.6. The lowest BCUT2D eigenvalue weighted by molar-refractivity contribution is -0.140. The van der Waals surface area contributed by atoms with E-state index in [-0.39, 0.29) is 18.2 Å². The van der Waals surface area contributed by atoms with Crippen LogP contribution in [0.15, 0.2) is 48.5 Å². The van der Waals surface area contributed by atoms with E-state index in [0.717, 1.165) is 51.1 Å². The lowest BCUT2D eigenvalue weighted by Gasteiger charge is -2.47. The number of piperazine rings is 1. The van der Waals surface area contributed by atoms with Gasteiger partial charge in [0.25, 0.3) is 0 Å². The van der Waals surface area contributed by atoms with Crippen LogP contribution in [-0.2, 0) is 16.0 Å². The summed E-state index contributed by atoms with van der Waals surface area (Å²) in [6.45, 7) is 11.0. The predicted molar refractivity (Wildman–Crippen MR) is 165 cm³/mol. The summed E-state index contributed by atoms with van der Waals surface area (Å²) in [6, 6.07) is 12.2. The Morgan fingerprint density at radius 1 is 1.05 bits per heavy atom. The van der Waals surface area contributed by atoms with Crippen molar-refractivity contribution >= 4 is 23.4 Å². The highest BCUT2D eigenvalue weighted by molar-refractivity contribution is 6.30. The molecule has 0 spiro atoms. The lowest BCUT2D eigenvalue weighted by Crippen LogP contribution is -2.60. The van der Waals surface area contributed by atoms with E-state index in [1.54, 1.807) is 24.3 Å². The van der Waals surface area contributed by atoms with Gasteiger partial charge in [0.05, 0.1) is 0 Å². The number of hydrogen-bond donors (Lipinski definition) is 2. The number of benzene rings is 2. The van der Waals surface area contributed by atoms with Crippen LogP contribution >= 0.6 is 11.6 Å². The summed E-state index contributed by atoms with van der Waals surface area (Å²) in [7, 11) is 2.17. The fraction of sp³-hybridized carbons (Fsp3) is 0.562. The van der Waals surface area contributed by atoms with Gasteiger partial charge in [-0.1, -0.05) is 49.7 Å². The van der Waals surface area contributed by atoms with E-state index in [9.17, 15) is 14.0 Å². The maximum Gasteiger partial charge on any atom is 0.245 e. The number of nitrogens with one attached hydrogen (secondary N) is 1. The number of carbonyl (C=O) groups excluding carboxylic acids is 2. The molecule has 2 amide bonds. The zero-order valence-corrected chi connectivity index (χ0v) is 25.9. The van der Waals surface area contributed by atoms with Gasteiger partial charge in [-0.25, -0.2) is 14.4 Å². The Morgan fingerprint density at radius 2 is 1.71 bits per heavy atom. The number of hydrazine groups is 1. The van der Waals surface area contributed by atoms with Crippen molar-refractivity contribution in [1.29, 1.82) is 0 Å². The Kier molecular flexibility index (Phi) is 11.7. The maximum atomic E-state index is 13.9. The molecule has 2 fully saturated rings. The number of hydrogen-bond acceptors (Lipinski definition) is 6. The molecule has 0 aliphatic carbocycles. The quantitative estimate of drug-likeness (QED) is 0.409. The summed E-state index contributed by atoms with van der Waals surface area (Å²) in [5, 5.41) is 8.62. The van der Waals surface area contributed by atoms with Crippen LogP contribution in [0.1, 0.15) is 50.3 Å². The van der Waals surface area contributed by atoms with E-state index in [1.165, 1.54) is 12.1 Å². The summed E-state index contributed by atoms with van der Waals surface area (Å²) in [5.74, 6) is -0.289. The average molecular weight is 601 g/mol. The molecule has 8 nitrogen and oxygen atoms in total. The van der Waals surface area contributed by atoms with Gasteiger partial charge >= 0.3 is 0 Å². The fourth-order valence-corrected chi connectivity index (χ4v) is 6.02. The molecule has 2 heterocycles. The van der Waals surface area contributed by atoms with E-state index in [1.807, 2.05) is 17.0 Å². The van der Waals surface area contributed by atoms with Crippen molar-refractivity contribution < 1.29 is 14.0 Å². The number of piperidine rings is 1. The van der Waals surface area contributed by atoms with Crippen LogP contribution in [0, 0.1) is 11.7 Å². The largest absolute Gasteiger partial charge is 0.344 e. The number of carbonyl (C=O) groups is 2. The Bertz CT molecular complexity index is 1170. The van der Waals surface area contributed by atoms with Crippen molar-refractivity contribution in [2.45, 2.75) is 57.7 Å². The molecule has 1 unspecified atom stereocenters. The van der Waals surface area contributed by atoms with Gasteiger partial charge in [-0.05, 0) is 61.2 Å². The Hall–Kier alpha value is -2.56. The van der Waals surface area contributed by atoms with Crippen molar-refractivity contribution in [1.82, 2.24) is 25.1 Å². The molecule has 0 radical (unpaired) electrons. The third-order valence-electron chi connectivity index (χ3n) is 8.26. The monoisotopic (exact) mass is 600 g/mol. The SMILES string of the molecule is CC(C)CN(C1CCN(C(=O)[C@@H](Cc2ccc(Cl)cc2)NC(=O)CC(N)c2cccc(F)c2)CC1)N1CCN(C)CC1. The molecule has 3 N–H and O–H groups in total. The van der Waals surface area contributed by atoms with Gasteiger partial charge in [-0.3, -0.25) is 9.59 Å². The van der Waals surface area contributed by atoms with Gasteiger partial charge in [-0.2, -0.15) is 0 Å². The van der Waals surface area contributed by atoms with Crippen molar-refractivity contribution in [3.05, 3.63) is 70.5 Å². The van der Waals surface area contributed by atoms with Crippen LogP contribution in [0.5, 0.6) is 0 Å². The molecular formula is C32H46ClFN6O2. The molecular weight excluding hydrogens is 555 g/mol. The summed E-state index contributed by atoms with van der Waals surface area (Å²) in [6.07, 6.45) is 2.07. The molecule has 2 aromatic carbocycles. The number of nitrogens with zero attached hydrogens (tertiary/aromatic N) is 4. The standard InChI is InChI=1S/C32H46ClFN6O2/c1-23(2)22-40(39-17-15-37(3)16-18-39)28-11-13-38(14-12-28)32(42)30(19-24-7-9-26(33)10-8-24)36-31(41)21-29(35)25-5-4-6-27(34)20-25/h4-10,20,23,28-30H,11-19,21-22,35H2,1-3H3,(H,36,41)/t29?,30-/m1/s1. The number of nitrogens with two attached hydrogens (primary N) is 1. The van der Waals surface area contributed by atoms with Crippen LogP contribution in [-0.4, -0.2) is 96.6 Å². The highest BCUT2D eigenvalue weighted by atomic mass is 35.5. The normalized spacial score (nSPS) is 18.8. The molecule has 2 aromatic rings. The Balaban J connectivity index is 1.41. The third-order valence-corrected chi connectivity index (χ3v) is 8.51. The van der Waals surface area contributed by atoms with Crippen molar-refractivity contribution in [2.24, 2.45) is 11.7 Å². The van der Waals surface area contributed by atoms with E-state index in [2.05, 4.69) is 41.1 Å². The molecule has 2 aliphatic rings. The summed E-state index contributed by atoms with van der Waals surface area (Å²) in [5.41, 5.74) is 7.67. The van der Waals surface area contributed by atoms with Crippen LogP contribution in [0.2, 0.25) is 5.02 Å². The molecule has 42 heavy (non-hydrogen) atoms. The molecule has 0 aromatic heterocycles. The topological polar surface area (TPSA) is 85.1 Å². The Labute approximate surface area is 254 Å². The highest BCUT2D eigenvalue weighted by Crippen LogP contribution is 2.23. The first kappa shape index (κ1) is 32.4. The van der Waals surface area contributed by atoms with Gasteiger partial charge in [0.15, 0.2) is 0 Å². The summed E-state index contributed by atoms with van der Waals surface area (Å²) in [4.78, 5) is 31.2. The van der Waals surface area contributed by atoms with E-state index < -0.39 is 17.9 Å². The van der Waals surface area contributed by atoms with Crippen molar-refractivity contribution in [2.75, 3.05) is 52.9 Å². The highest BCUT2D eigenvalue weighted by Gasteiger charge is 2.34. The van der Waals surface area contributed by atoms with Crippen LogP contribution in [0.3, 0.4) is 0 Å². The minimum Gasteiger partial charge on any atom is -0.344 e. The number of halogens is 2. The second kappa shape index (κ2) is 15.3. The lowest BCUT2D eigenvalue weighted by atomic mass is 9.99. The molecule has 10 heteroatoms. The average Bonchev–Trinajstić information content (AvgIpc) is 2.97. The molecule has 0 saturated carbocycles. The smallest absolute Gasteiger partial charge is 0.245 e. The van der Waals surface area contributed by atoms with Crippen LogP contribution < -0.4 is 11.1 Å². The van der Waals surface area contributed by atoms with Gasteiger partial charge < -0.3 is 20.9 Å². The zero-order valence-electron chi connectivity index (χ0n) is 25.1. The van der Waals surface area contributed by atoms with Gasteiger partial charge in [0, 0.05) is 75.8 Å². The summed E-state index contributed by atoms with van der Waals surface area (Å²) < 4.78 is 13.7. The number of amides is 2. The minimum atomic E-state index is -0.737. The van der Waals surface area contributed by atoms with Crippen LogP contribution in [0.4, 0.5) is 4.39 Å². The fourth-order valence-electron chi connectivity index (χ4n) is 5.89. The number of likely N-dealkylation sites (tertiary alicyclic amines) is 1. The van der Waals surface area contributed by atoms with Gasteiger partial charge in [-0.15, -0.1) is 0 Å². The van der Waals surface area contributed by atoms with Gasteiger partial charge in [0.1, 0.15) is 11.9 Å². The Morgan fingerprint density at radius 3 is 2.33 bits per heavy atom. The van der Waals surface area contributed by atoms with Crippen molar-refractivity contribution in [3.8, 4) is 0 Å². The molecule has 2 saturated heterocycles. The second-order valence-electron chi connectivity index (χ2n) is 12.1. The molecule has 230 valence electrons. The van der Waals surface area contributed by atoms with Crippen molar-refractivity contribution in [3.63, 3.8) is 0 Å². The molecule has 0 bridgehead atoms. The molecule has 2 aliphatic heterocycles. The first-order valence-electron chi connectivity index (χ1n) is 15.1. The predicted octanol–water partition coefficient (Wildman–Crippen LogP) is 3.71. The first-order valence-corrected chi connectivity index (χ1v) is 15.5. The van der Waals surface area contributed by atoms with E-state index in [4.69, 9.17) is 17.3 Å². The maximum absolute atomic E-state index is 13.9.